The summed E-state index contributed by atoms with van der Waals surface area (Å²) in [5, 5.41) is 0. The van der Waals surface area contributed by atoms with E-state index in [1.807, 2.05) is 54.6 Å². The third-order valence-corrected chi connectivity index (χ3v) is 6.22. The summed E-state index contributed by atoms with van der Waals surface area (Å²) in [6.45, 7) is 0.406. The Hall–Kier alpha value is -2.95. The highest BCUT2D eigenvalue weighted by Gasteiger charge is 2.43. The molecule has 158 valence electrons. The summed E-state index contributed by atoms with van der Waals surface area (Å²) in [6, 6.07) is 30.9. The van der Waals surface area contributed by atoms with Crippen LogP contribution in [0.3, 0.4) is 0 Å². The highest BCUT2D eigenvalue weighted by molar-refractivity contribution is 5.70. The molecule has 0 amide bonds. The van der Waals surface area contributed by atoms with Gasteiger partial charge in [-0.2, -0.15) is 0 Å². The minimum Gasteiger partial charge on any atom is -0.459 e. The molecule has 2 heterocycles. The van der Waals surface area contributed by atoms with Crippen molar-refractivity contribution < 1.29 is 19.0 Å². The largest absolute Gasteiger partial charge is 0.459 e. The number of esters is 1. The minimum atomic E-state index is -0.766. The summed E-state index contributed by atoms with van der Waals surface area (Å²) in [7, 11) is 0. The maximum atomic E-state index is 11.7. The van der Waals surface area contributed by atoms with Gasteiger partial charge in [-0.15, -0.1) is 0 Å². The second kappa shape index (κ2) is 8.66. The van der Waals surface area contributed by atoms with Crippen molar-refractivity contribution in [1.82, 2.24) is 0 Å². The molecule has 0 N–H and O–H groups in total. The van der Waals surface area contributed by atoms with E-state index in [9.17, 15) is 4.79 Å². The minimum absolute atomic E-state index is 0.0223. The second-order valence-corrected chi connectivity index (χ2v) is 8.19. The van der Waals surface area contributed by atoms with E-state index in [0.29, 0.717) is 19.4 Å². The van der Waals surface area contributed by atoms with E-state index >= 15 is 0 Å². The predicted octanol–water partition coefficient (Wildman–Crippen LogP) is 4.86. The molecule has 3 aromatic rings. The Morgan fingerprint density at radius 2 is 1.29 bits per heavy atom. The molecule has 0 unspecified atom stereocenters. The van der Waals surface area contributed by atoms with Crippen LogP contribution < -0.4 is 0 Å². The van der Waals surface area contributed by atoms with Crippen molar-refractivity contribution in [2.45, 2.75) is 43.2 Å². The molecule has 0 bridgehead atoms. The summed E-state index contributed by atoms with van der Waals surface area (Å²) < 4.78 is 18.6. The molecule has 3 atom stereocenters. The van der Waals surface area contributed by atoms with Gasteiger partial charge in [0.25, 0.3) is 0 Å². The topological polar surface area (TPSA) is 44.8 Å². The zero-order valence-corrected chi connectivity index (χ0v) is 17.4. The average Bonchev–Trinajstić information content (AvgIpc) is 3.24. The normalized spacial score (nSPS) is 23.2. The van der Waals surface area contributed by atoms with E-state index in [2.05, 4.69) is 36.4 Å². The molecule has 0 spiro atoms. The summed E-state index contributed by atoms with van der Waals surface area (Å²) >= 11 is 0. The van der Waals surface area contributed by atoms with Gasteiger partial charge in [0.1, 0.15) is 11.7 Å². The highest BCUT2D eigenvalue weighted by Crippen LogP contribution is 2.41. The maximum absolute atomic E-state index is 11.7. The fourth-order valence-corrected chi connectivity index (χ4v) is 4.76. The SMILES string of the molecule is O=C1CC[C@@H]2O[C@H](COC(c3ccccc3)(c3ccccc3)c3ccccc3)C[C@@H]2O1. The van der Waals surface area contributed by atoms with Gasteiger partial charge in [0.2, 0.25) is 0 Å². The van der Waals surface area contributed by atoms with Gasteiger partial charge < -0.3 is 14.2 Å². The summed E-state index contributed by atoms with van der Waals surface area (Å²) in [6.07, 6.45) is 1.53. The van der Waals surface area contributed by atoms with Crippen LogP contribution in [0.5, 0.6) is 0 Å². The monoisotopic (exact) mass is 414 g/mol. The highest BCUT2D eigenvalue weighted by atomic mass is 16.6. The smallest absolute Gasteiger partial charge is 0.306 e. The van der Waals surface area contributed by atoms with Gasteiger partial charge in [-0.25, -0.2) is 0 Å². The van der Waals surface area contributed by atoms with Crippen LogP contribution in [0.4, 0.5) is 0 Å². The fourth-order valence-electron chi connectivity index (χ4n) is 4.76. The van der Waals surface area contributed by atoms with Crippen molar-refractivity contribution in [1.29, 1.82) is 0 Å². The van der Waals surface area contributed by atoms with E-state index in [1.165, 1.54) is 0 Å². The number of fused-ring (bicyclic) bond motifs is 1. The van der Waals surface area contributed by atoms with E-state index in [4.69, 9.17) is 14.2 Å². The van der Waals surface area contributed by atoms with Gasteiger partial charge in [0.05, 0.1) is 18.8 Å². The fraction of sp³-hybridized carbons (Fsp3) is 0.296. The zero-order chi connectivity index (χ0) is 21.1. The Balaban J connectivity index is 1.51. The third kappa shape index (κ3) is 3.89. The quantitative estimate of drug-likeness (QED) is 0.427. The first-order chi connectivity index (χ1) is 15.3. The molecule has 4 heteroatoms. The Bertz CT molecular complexity index is 907. The van der Waals surface area contributed by atoms with Crippen molar-refractivity contribution in [3.8, 4) is 0 Å². The van der Waals surface area contributed by atoms with Crippen LogP contribution in [0, 0.1) is 0 Å². The molecule has 2 saturated heterocycles. The molecule has 0 radical (unpaired) electrons. The lowest BCUT2D eigenvalue weighted by atomic mass is 9.80. The van der Waals surface area contributed by atoms with Gasteiger partial charge in [-0.05, 0) is 23.1 Å². The molecule has 31 heavy (non-hydrogen) atoms. The van der Waals surface area contributed by atoms with Crippen LogP contribution in [0.25, 0.3) is 0 Å². The van der Waals surface area contributed by atoms with Crippen LogP contribution in [0.1, 0.15) is 36.0 Å². The molecule has 2 aliphatic heterocycles. The van der Waals surface area contributed by atoms with Crippen molar-refractivity contribution in [2.24, 2.45) is 0 Å². The van der Waals surface area contributed by atoms with E-state index < -0.39 is 5.60 Å². The molecule has 0 saturated carbocycles. The second-order valence-electron chi connectivity index (χ2n) is 8.19. The number of ether oxygens (including phenoxy) is 3. The van der Waals surface area contributed by atoms with Crippen LogP contribution in [0.2, 0.25) is 0 Å². The van der Waals surface area contributed by atoms with Gasteiger partial charge >= 0.3 is 5.97 Å². The zero-order valence-electron chi connectivity index (χ0n) is 17.4. The Kier molecular flexibility index (Phi) is 5.58. The number of carbonyl (C=O) groups is 1. The van der Waals surface area contributed by atoms with Crippen LogP contribution >= 0.6 is 0 Å². The first-order valence-corrected chi connectivity index (χ1v) is 10.9. The van der Waals surface area contributed by atoms with Gasteiger partial charge in [0.15, 0.2) is 0 Å². The number of hydrogen-bond donors (Lipinski definition) is 0. The number of rotatable bonds is 6. The molecular weight excluding hydrogens is 388 g/mol. The average molecular weight is 415 g/mol. The van der Waals surface area contributed by atoms with E-state index in [-0.39, 0.29) is 24.3 Å². The summed E-state index contributed by atoms with van der Waals surface area (Å²) in [5.41, 5.74) is 2.43. The molecule has 3 aromatic carbocycles. The molecular formula is C27H26O4. The molecule has 2 aliphatic rings. The van der Waals surface area contributed by atoms with Crippen molar-refractivity contribution in [3.63, 3.8) is 0 Å². The molecule has 0 aromatic heterocycles. The van der Waals surface area contributed by atoms with Crippen molar-refractivity contribution in [2.75, 3.05) is 6.61 Å². The van der Waals surface area contributed by atoms with Crippen molar-refractivity contribution >= 4 is 5.97 Å². The van der Waals surface area contributed by atoms with Crippen LogP contribution in [-0.4, -0.2) is 30.9 Å². The maximum Gasteiger partial charge on any atom is 0.306 e. The summed E-state index contributed by atoms with van der Waals surface area (Å²) in [4.78, 5) is 11.7. The first kappa shape index (κ1) is 20.0. The predicted molar refractivity (Wildman–Crippen MR) is 118 cm³/mol. The molecule has 4 nitrogen and oxygen atoms in total. The first-order valence-electron chi connectivity index (χ1n) is 10.9. The standard InChI is InChI=1S/C27H26O4/c28-26-17-16-24-25(31-26)18-23(30-24)19-29-27(20-10-4-1-5-11-20,21-12-6-2-7-13-21)22-14-8-3-9-15-22/h1-15,23-25H,16-19H2/t23-,24-,25-/m0/s1. The van der Waals surface area contributed by atoms with E-state index in [1.54, 1.807) is 0 Å². The van der Waals surface area contributed by atoms with Crippen LogP contribution in [-0.2, 0) is 24.6 Å². The molecule has 5 rings (SSSR count). The van der Waals surface area contributed by atoms with Crippen molar-refractivity contribution in [3.05, 3.63) is 108 Å². The Morgan fingerprint density at radius 1 is 0.774 bits per heavy atom. The van der Waals surface area contributed by atoms with Crippen LogP contribution in [0.15, 0.2) is 91.0 Å². The Morgan fingerprint density at radius 3 is 1.81 bits per heavy atom. The third-order valence-electron chi connectivity index (χ3n) is 6.22. The van der Waals surface area contributed by atoms with E-state index in [0.717, 1.165) is 23.1 Å². The summed E-state index contributed by atoms with van der Waals surface area (Å²) in [5.74, 6) is -0.126. The van der Waals surface area contributed by atoms with Gasteiger partial charge in [-0.1, -0.05) is 91.0 Å². The Labute approximate surface area is 182 Å². The number of hydrogen-bond acceptors (Lipinski definition) is 4. The van der Waals surface area contributed by atoms with Gasteiger partial charge in [0, 0.05) is 12.8 Å². The van der Waals surface area contributed by atoms with Gasteiger partial charge in [-0.3, -0.25) is 4.79 Å². The molecule has 2 fully saturated rings. The number of carbonyl (C=O) groups excluding carboxylic acids is 1. The lowest BCUT2D eigenvalue weighted by Gasteiger charge is -2.36. The lowest BCUT2D eigenvalue weighted by molar-refractivity contribution is -0.159. The molecule has 0 aliphatic carbocycles. The number of benzene rings is 3. The lowest BCUT2D eigenvalue weighted by Crippen LogP contribution is -2.35.